The summed E-state index contributed by atoms with van der Waals surface area (Å²) in [5.74, 6) is 0.985. The number of rotatable bonds is 76. The Labute approximate surface area is 600 Å². The average molecular weight is 1440 g/mol. The minimum absolute atomic E-state index is 0.105. The molecule has 0 aromatic carbocycles. The van der Waals surface area contributed by atoms with Gasteiger partial charge in [0.15, 0.2) is 12.2 Å². The largest absolute Gasteiger partial charge is 0.472 e. The maximum atomic E-state index is 13.1. The van der Waals surface area contributed by atoms with Crippen molar-refractivity contribution in [2.24, 2.45) is 23.7 Å². The van der Waals surface area contributed by atoms with Crippen LogP contribution in [-0.2, 0) is 65.4 Å². The van der Waals surface area contributed by atoms with E-state index in [1.165, 1.54) is 199 Å². The Balaban J connectivity index is 5.26. The molecule has 0 aromatic heterocycles. The monoisotopic (exact) mass is 1440 g/mol. The molecule has 582 valence electrons. The summed E-state index contributed by atoms with van der Waals surface area (Å²) in [6, 6.07) is 0. The lowest BCUT2D eigenvalue weighted by Crippen LogP contribution is -2.30. The number of phosphoric ester groups is 2. The van der Waals surface area contributed by atoms with Gasteiger partial charge in [-0.15, -0.1) is 0 Å². The topological polar surface area (TPSA) is 237 Å². The molecule has 19 heteroatoms. The fourth-order valence-corrected chi connectivity index (χ4v) is 13.6. The lowest BCUT2D eigenvalue weighted by molar-refractivity contribution is -0.161. The molecule has 0 spiro atoms. The first kappa shape index (κ1) is 96.1. The van der Waals surface area contributed by atoms with Crippen molar-refractivity contribution in [2.45, 2.75) is 420 Å². The van der Waals surface area contributed by atoms with E-state index in [-0.39, 0.29) is 25.7 Å². The molecular weight excluding hydrogens is 1280 g/mol. The van der Waals surface area contributed by atoms with Crippen LogP contribution in [0.4, 0.5) is 0 Å². The van der Waals surface area contributed by atoms with Crippen LogP contribution in [0.3, 0.4) is 0 Å². The Hall–Kier alpha value is -1.94. The van der Waals surface area contributed by atoms with Gasteiger partial charge in [0.1, 0.15) is 19.3 Å². The smallest absolute Gasteiger partial charge is 0.462 e. The summed E-state index contributed by atoms with van der Waals surface area (Å²) in [6.07, 6.45) is 54.1. The Kier molecular flexibility index (Phi) is 66.8. The number of hydrogen-bond acceptors (Lipinski definition) is 15. The summed E-state index contributed by atoms with van der Waals surface area (Å²) in [7, 11) is -9.92. The zero-order chi connectivity index (χ0) is 72.4. The van der Waals surface area contributed by atoms with Crippen molar-refractivity contribution in [3.63, 3.8) is 0 Å². The molecule has 98 heavy (non-hydrogen) atoms. The highest BCUT2D eigenvalue weighted by molar-refractivity contribution is 7.47. The third-order valence-electron chi connectivity index (χ3n) is 18.7. The van der Waals surface area contributed by atoms with E-state index >= 15 is 0 Å². The van der Waals surface area contributed by atoms with Crippen molar-refractivity contribution in [1.29, 1.82) is 0 Å². The fourth-order valence-electron chi connectivity index (χ4n) is 12.0. The molecule has 0 bridgehead atoms. The van der Waals surface area contributed by atoms with Gasteiger partial charge in [0.2, 0.25) is 0 Å². The maximum absolute atomic E-state index is 13.1. The normalized spacial score (nSPS) is 14.3. The average Bonchev–Trinajstić information content (AvgIpc) is 1.43. The van der Waals surface area contributed by atoms with Crippen LogP contribution in [0.1, 0.15) is 402 Å². The van der Waals surface area contributed by atoms with E-state index < -0.39 is 97.5 Å². The first-order valence-corrected chi connectivity index (χ1v) is 43.7. The summed E-state index contributed by atoms with van der Waals surface area (Å²) >= 11 is 0. The van der Waals surface area contributed by atoms with Gasteiger partial charge in [-0.25, -0.2) is 9.13 Å². The van der Waals surface area contributed by atoms with Crippen LogP contribution in [0, 0.1) is 23.7 Å². The van der Waals surface area contributed by atoms with E-state index in [1.807, 2.05) is 0 Å². The Bertz CT molecular complexity index is 1920. The lowest BCUT2D eigenvalue weighted by Gasteiger charge is -2.21. The molecular formula is C79H154O17P2. The third kappa shape index (κ3) is 71.1. The number of aliphatic hydroxyl groups is 1. The summed E-state index contributed by atoms with van der Waals surface area (Å²) in [4.78, 5) is 72.9. The molecule has 0 rings (SSSR count). The number of hydrogen-bond donors (Lipinski definition) is 3. The van der Waals surface area contributed by atoms with Gasteiger partial charge < -0.3 is 33.8 Å². The van der Waals surface area contributed by atoms with E-state index in [1.54, 1.807) is 0 Å². The van der Waals surface area contributed by atoms with Crippen LogP contribution in [0.2, 0.25) is 0 Å². The van der Waals surface area contributed by atoms with Gasteiger partial charge in [0, 0.05) is 25.7 Å². The van der Waals surface area contributed by atoms with Crippen LogP contribution in [0.25, 0.3) is 0 Å². The van der Waals surface area contributed by atoms with Crippen LogP contribution in [-0.4, -0.2) is 96.7 Å². The molecule has 0 aliphatic heterocycles. The van der Waals surface area contributed by atoms with Gasteiger partial charge in [0.25, 0.3) is 0 Å². The SMILES string of the molecule is CCC(C)CCCCCCCCCCCCC(=O)O[C@H](COC(=O)CCCCCCCCCC(C)C)COP(=O)(O)OCC(O)COP(=O)(O)OC[C@@H](COC(=O)CCCCCCCCCCCCCCCC(C)C)OC(=O)CCCCCCCCCCCCCCCCCC(C)C. The molecule has 0 fully saturated rings. The molecule has 0 radical (unpaired) electrons. The third-order valence-corrected chi connectivity index (χ3v) is 20.6. The number of carbonyl (C=O) groups is 4. The van der Waals surface area contributed by atoms with Crippen molar-refractivity contribution < 1.29 is 80.2 Å². The van der Waals surface area contributed by atoms with Gasteiger partial charge in [-0.3, -0.25) is 37.3 Å². The molecule has 0 aliphatic carbocycles. The van der Waals surface area contributed by atoms with Gasteiger partial charge in [-0.2, -0.15) is 0 Å². The second-order valence-electron chi connectivity index (χ2n) is 30.1. The van der Waals surface area contributed by atoms with E-state index in [0.717, 1.165) is 114 Å². The molecule has 4 unspecified atom stereocenters. The molecule has 17 nitrogen and oxygen atoms in total. The van der Waals surface area contributed by atoms with Crippen LogP contribution >= 0.6 is 15.6 Å². The summed E-state index contributed by atoms with van der Waals surface area (Å²) in [5, 5.41) is 10.6. The van der Waals surface area contributed by atoms with E-state index in [0.29, 0.717) is 31.6 Å². The quantitative estimate of drug-likeness (QED) is 0.0222. The Morgan fingerprint density at radius 1 is 0.286 bits per heavy atom. The van der Waals surface area contributed by atoms with Crippen molar-refractivity contribution in [3.05, 3.63) is 0 Å². The summed E-state index contributed by atoms with van der Waals surface area (Å²) in [6.45, 7) is 14.2. The molecule has 0 heterocycles. The maximum Gasteiger partial charge on any atom is 0.472 e. The second-order valence-corrected chi connectivity index (χ2v) is 33.0. The Morgan fingerprint density at radius 2 is 0.490 bits per heavy atom. The highest BCUT2D eigenvalue weighted by atomic mass is 31.2. The van der Waals surface area contributed by atoms with Gasteiger partial charge >= 0.3 is 39.5 Å². The molecule has 6 atom stereocenters. The van der Waals surface area contributed by atoms with Gasteiger partial charge in [0.05, 0.1) is 26.4 Å². The first-order valence-electron chi connectivity index (χ1n) is 40.7. The van der Waals surface area contributed by atoms with Gasteiger partial charge in [-0.1, -0.05) is 351 Å². The number of esters is 4. The molecule has 0 aromatic rings. The highest BCUT2D eigenvalue weighted by Crippen LogP contribution is 2.45. The minimum atomic E-state index is -4.96. The standard InChI is InChI=1S/C79H154O17P2/c1-9-72(8)58-50-42-34-26-22-23-29-37-46-54-62-79(84)96-75(66-90-77(82)60-52-44-38-30-33-41-49-57-71(6)7)68-94-98(87,88)92-64-73(80)63-91-97(85,86)93-67-74(65-89-76(81)59-51-43-35-27-20-17-13-15-19-25-32-40-48-56-70(4)5)95-78(83)61-53-45-36-28-21-16-12-10-11-14-18-24-31-39-47-55-69(2)3/h69-75,80H,9-68H2,1-8H3,(H,85,86)(H,87,88)/t72?,73?,74-,75-/m1/s1. The number of aliphatic hydroxyl groups excluding tert-OH is 1. The second kappa shape index (κ2) is 68.2. The number of ether oxygens (including phenoxy) is 4. The van der Waals surface area contributed by atoms with Crippen LogP contribution in [0.15, 0.2) is 0 Å². The fraction of sp³-hybridized carbons (Fsp3) is 0.949. The van der Waals surface area contributed by atoms with E-state index in [2.05, 4.69) is 55.4 Å². The summed E-state index contributed by atoms with van der Waals surface area (Å²) in [5.41, 5.74) is 0. The Morgan fingerprint density at radius 3 is 0.724 bits per heavy atom. The van der Waals surface area contributed by atoms with Gasteiger partial charge in [-0.05, 0) is 49.4 Å². The molecule has 0 amide bonds. The summed E-state index contributed by atoms with van der Waals surface area (Å²) < 4.78 is 68.6. The number of phosphoric acid groups is 2. The lowest BCUT2D eigenvalue weighted by atomic mass is 9.99. The minimum Gasteiger partial charge on any atom is -0.462 e. The first-order chi connectivity index (χ1) is 47.1. The van der Waals surface area contributed by atoms with Crippen LogP contribution < -0.4 is 0 Å². The van der Waals surface area contributed by atoms with Crippen LogP contribution in [0.5, 0.6) is 0 Å². The molecule has 0 saturated carbocycles. The molecule has 0 saturated heterocycles. The number of carbonyl (C=O) groups excluding carboxylic acids is 4. The van der Waals surface area contributed by atoms with Crippen molar-refractivity contribution >= 4 is 39.5 Å². The molecule has 0 aliphatic rings. The van der Waals surface area contributed by atoms with Crippen molar-refractivity contribution in [1.82, 2.24) is 0 Å². The zero-order valence-electron chi connectivity index (χ0n) is 64.4. The predicted molar refractivity (Wildman–Crippen MR) is 400 cm³/mol. The molecule has 3 N–H and O–H groups in total. The number of unbranched alkanes of at least 4 members (excludes halogenated alkanes) is 41. The highest BCUT2D eigenvalue weighted by Gasteiger charge is 2.30. The zero-order valence-corrected chi connectivity index (χ0v) is 66.2. The predicted octanol–water partition coefficient (Wildman–Crippen LogP) is 23.2. The van der Waals surface area contributed by atoms with E-state index in [4.69, 9.17) is 37.0 Å². The van der Waals surface area contributed by atoms with Crippen molar-refractivity contribution in [2.75, 3.05) is 39.6 Å². The van der Waals surface area contributed by atoms with E-state index in [9.17, 15) is 43.2 Å². The van der Waals surface area contributed by atoms with Crippen molar-refractivity contribution in [3.8, 4) is 0 Å².